The van der Waals surface area contributed by atoms with E-state index in [4.69, 9.17) is 4.74 Å². The van der Waals surface area contributed by atoms with Gasteiger partial charge in [0.05, 0.1) is 11.1 Å². The Balaban J connectivity index is 2.22. The van der Waals surface area contributed by atoms with Crippen LogP contribution in [0.25, 0.3) is 0 Å². The number of para-hydroxylation sites is 1. The first-order valence-corrected chi connectivity index (χ1v) is 9.81. The van der Waals surface area contributed by atoms with Crippen LogP contribution in [0.15, 0.2) is 53.3 Å². The van der Waals surface area contributed by atoms with E-state index in [1.54, 1.807) is 11.8 Å². The molecule has 0 bridgehead atoms. The van der Waals surface area contributed by atoms with Crippen LogP contribution in [0.2, 0.25) is 0 Å². The maximum atomic E-state index is 13.2. The van der Waals surface area contributed by atoms with Crippen LogP contribution in [-0.4, -0.2) is 31.7 Å². The average molecular weight is 435 g/mol. The third kappa shape index (κ3) is 6.36. The van der Waals surface area contributed by atoms with Crippen molar-refractivity contribution in [1.29, 1.82) is 0 Å². The molecule has 0 unspecified atom stereocenters. The monoisotopic (exact) mass is 434 g/mol. The lowest BCUT2D eigenvalue weighted by Gasteiger charge is -2.22. The molecule has 0 aliphatic carbocycles. The van der Waals surface area contributed by atoms with Gasteiger partial charge in [0, 0.05) is 25.2 Å². The second kappa shape index (κ2) is 10.7. The van der Waals surface area contributed by atoms with Crippen molar-refractivity contribution in [3.05, 3.63) is 58.8 Å². The number of nitrogens with zero attached hydrogens (tertiary/aromatic N) is 2. The van der Waals surface area contributed by atoms with Crippen molar-refractivity contribution in [2.75, 3.05) is 24.6 Å². The first kappa shape index (κ1) is 20.9. The summed E-state index contributed by atoms with van der Waals surface area (Å²) in [6, 6.07) is 11.2. The number of pyridine rings is 1. The van der Waals surface area contributed by atoms with Crippen LogP contribution in [0.5, 0.6) is 0 Å². The Morgan fingerprint density at radius 2 is 1.93 bits per heavy atom. The number of amides is 2. The van der Waals surface area contributed by atoms with Crippen LogP contribution in [0.4, 0.5) is 10.5 Å². The Morgan fingerprint density at radius 1 is 1.19 bits per heavy atom. The molecule has 144 valence electrons. The number of aromatic nitrogens is 1. The number of aryl methyl sites for hydroxylation is 1. The molecular weight excluding hydrogens is 410 g/mol. The molecule has 0 fully saturated rings. The van der Waals surface area contributed by atoms with Gasteiger partial charge in [0.25, 0.3) is 5.91 Å². The molecule has 0 atom stereocenters. The highest BCUT2D eigenvalue weighted by Gasteiger charge is 2.21. The van der Waals surface area contributed by atoms with Crippen LogP contribution < -0.4 is 14.8 Å². The van der Waals surface area contributed by atoms with Gasteiger partial charge < -0.3 is 15.0 Å². The second-order valence-corrected chi connectivity index (χ2v) is 6.84. The zero-order valence-corrected chi connectivity index (χ0v) is 17.2. The van der Waals surface area contributed by atoms with Gasteiger partial charge >= 0.3 is 6.09 Å². The Bertz CT molecular complexity index is 768. The number of benzene rings is 1. The number of hydrogen-bond donors (Lipinski definition) is 1. The average Bonchev–Trinajstić information content (AvgIpc) is 2.65. The number of rotatable bonds is 8. The van der Waals surface area contributed by atoms with Crippen LogP contribution >= 0.6 is 15.9 Å². The van der Waals surface area contributed by atoms with Crippen molar-refractivity contribution >= 4 is 33.6 Å². The number of anilines is 1. The van der Waals surface area contributed by atoms with E-state index in [-0.39, 0.29) is 5.91 Å². The topological polar surface area (TPSA) is 62.5 Å². The third-order valence-electron chi connectivity index (χ3n) is 3.81. The zero-order valence-electron chi connectivity index (χ0n) is 15.7. The van der Waals surface area contributed by atoms with E-state index in [0.717, 1.165) is 23.1 Å². The van der Waals surface area contributed by atoms with Crippen molar-refractivity contribution < 1.29 is 18.9 Å². The summed E-state index contributed by atoms with van der Waals surface area (Å²) in [5, 5.41) is 2.66. The van der Waals surface area contributed by atoms with Crippen LogP contribution in [0.3, 0.4) is 0 Å². The molecular formula is C20H25BrN3O3+. The van der Waals surface area contributed by atoms with Crippen molar-refractivity contribution in [2.24, 2.45) is 0 Å². The summed E-state index contributed by atoms with van der Waals surface area (Å²) >= 11 is 3.48. The second-order valence-electron chi connectivity index (χ2n) is 5.92. The van der Waals surface area contributed by atoms with Gasteiger partial charge in [-0.05, 0) is 41.1 Å². The summed E-state index contributed by atoms with van der Waals surface area (Å²) < 4.78 is 7.71. The molecule has 1 heterocycles. The molecule has 0 spiro atoms. The van der Waals surface area contributed by atoms with E-state index in [1.807, 2.05) is 53.4 Å². The van der Waals surface area contributed by atoms with Gasteiger partial charge in [0.1, 0.15) is 12.1 Å². The number of ether oxygens (including phenoxy) is 1. The number of halogens is 1. The van der Waals surface area contributed by atoms with Gasteiger partial charge in [-0.2, -0.15) is 0 Å². The Morgan fingerprint density at radius 3 is 2.59 bits per heavy atom. The summed E-state index contributed by atoms with van der Waals surface area (Å²) in [5.41, 5.74) is 1.35. The standard InChI is InChI=1S/C20H24BrN3O3/c1-3-11-23-14-16(13-17(21)15-23)19(25)24(18-8-6-5-7-9-18)12-10-22-20(26)27-4-2/h5-9,13-15H,3-4,10-12H2,1-2H3/p+1. The van der Waals surface area contributed by atoms with Gasteiger partial charge in [-0.1, -0.05) is 25.1 Å². The van der Waals surface area contributed by atoms with Crippen molar-refractivity contribution in [2.45, 2.75) is 26.8 Å². The summed E-state index contributed by atoms with van der Waals surface area (Å²) in [5.74, 6) is -0.127. The highest BCUT2D eigenvalue weighted by molar-refractivity contribution is 9.10. The lowest BCUT2D eigenvalue weighted by Crippen LogP contribution is -2.40. The van der Waals surface area contributed by atoms with Gasteiger partial charge in [0.2, 0.25) is 0 Å². The number of carbonyl (C=O) groups is 2. The molecule has 1 N–H and O–H groups in total. The normalized spacial score (nSPS) is 10.3. The quantitative estimate of drug-likeness (QED) is 0.646. The van der Waals surface area contributed by atoms with E-state index in [9.17, 15) is 9.59 Å². The number of nitrogens with one attached hydrogen (secondary N) is 1. The molecule has 0 aliphatic heterocycles. The molecule has 2 rings (SSSR count). The van der Waals surface area contributed by atoms with Crippen molar-refractivity contribution in [3.8, 4) is 0 Å². The first-order valence-electron chi connectivity index (χ1n) is 9.02. The molecule has 2 amide bonds. The van der Waals surface area contributed by atoms with Crippen LogP contribution in [0.1, 0.15) is 30.6 Å². The van der Waals surface area contributed by atoms with E-state index in [2.05, 4.69) is 28.2 Å². The lowest BCUT2D eigenvalue weighted by molar-refractivity contribution is -0.697. The van der Waals surface area contributed by atoms with Crippen LogP contribution in [0, 0.1) is 0 Å². The molecule has 0 saturated carbocycles. The van der Waals surface area contributed by atoms with Crippen LogP contribution in [-0.2, 0) is 11.3 Å². The molecule has 0 radical (unpaired) electrons. The van der Waals surface area contributed by atoms with Crippen molar-refractivity contribution in [1.82, 2.24) is 5.32 Å². The Kier molecular flexibility index (Phi) is 8.26. The minimum atomic E-state index is -0.485. The van der Waals surface area contributed by atoms with Crippen molar-refractivity contribution in [3.63, 3.8) is 0 Å². The molecule has 1 aromatic heterocycles. The fourth-order valence-corrected chi connectivity index (χ4v) is 3.17. The lowest BCUT2D eigenvalue weighted by atomic mass is 10.2. The number of alkyl carbamates (subject to hydrolysis) is 1. The molecule has 0 saturated heterocycles. The van der Waals surface area contributed by atoms with E-state index in [0.29, 0.717) is 25.3 Å². The Labute approximate surface area is 168 Å². The molecule has 7 heteroatoms. The van der Waals surface area contributed by atoms with Gasteiger partial charge in [0.15, 0.2) is 12.4 Å². The number of hydrogen-bond acceptors (Lipinski definition) is 3. The smallest absolute Gasteiger partial charge is 0.407 e. The molecule has 6 nitrogen and oxygen atoms in total. The van der Waals surface area contributed by atoms with E-state index >= 15 is 0 Å². The first-order chi connectivity index (χ1) is 13.0. The zero-order chi connectivity index (χ0) is 19.6. The van der Waals surface area contributed by atoms with Gasteiger partial charge in [-0.15, -0.1) is 0 Å². The highest BCUT2D eigenvalue weighted by atomic mass is 79.9. The minimum Gasteiger partial charge on any atom is -0.450 e. The van der Waals surface area contributed by atoms with Gasteiger partial charge in [-0.3, -0.25) is 4.79 Å². The minimum absolute atomic E-state index is 0.127. The summed E-state index contributed by atoms with van der Waals surface area (Å²) in [6.07, 6.45) is 4.29. The maximum Gasteiger partial charge on any atom is 0.407 e. The maximum absolute atomic E-state index is 13.2. The predicted octanol–water partition coefficient (Wildman–Crippen LogP) is 3.54. The Hall–Kier alpha value is -2.41. The van der Waals surface area contributed by atoms with E-state index < -0.39 is 6.09 Å². The highest BCUT2D eigenvalue weighted by Crippen LogP contribution is 2.18. The summed E-state index contributed by atoms with van der Waals surface area (Å²) in [7, 11) is 0. The fraction of sp³-hybridized carbons (Fsp3) is 0.350. The number of carbonyl (C=O) groups excluding carboxylic acids is 2. The SMILES string of the molecule is CCC[n+]1cc(Br)cc(C(=O)N(CCNC(=O)OCC)c2ccccc2)c1. The molecule has 27 heavy (non-hydrogen) atoms. The fourth-order valence-electron chi connectivity index (χ4n) is 2.67. The predicted molar refractivity (Wildman–Crippen MR) is 108 cm³/mol. The largest absolute Gasteiger partial charge is 0.450 e. The van der Waals surface area contributed by atoms with E-state index in [1.165, 1.54) is 0 Å². The van der Waals surface area contributed by atoms with Gasteiger partial charge in [-0.25, -0.2) is 9.36 Å². The molecule has 1 aromatic carbocycles. The summed E-state index contributed by atoms with van der Waals surface area (Å²) in [6.45, 7) is 5.60. The third-order valence-corrected chi connectivity index (χ3v) is 4.24. The summed E-state index contributed by atoms with van der Waals surface area (Å²) in [4.78, 5) is 26.4. The molecule has 0 aliphatic rings. The molecule has 2 aromatic rings.